The average molecular weight is 302 g/mol. The predicted molar refractivity (Wildman–Crippen MR) is 76.2 cm³/mol. The van der Waals surface area contributed by atoms with Crippen molar-refractivity contribution in [3.8, 4) is 0 Å². The molecule has 0 saturated heterocycles. The molecule has 0 aliphatic heterocycles. The van der Waals surface area contributed by atoms with Gasteiger partial charge in [0.25, 0.3) is 0 Å². The van der Waals surface area contributed by atoms with E-state index in [0.29, 0.717) is 17.3 Å². The number of hydrogen-bond donors (Lipinski definition) is 0. The van der Waals surface area contributed by atoms with Gasteiger partial charge in [-0.05, 0) is 36.4 Å². The molecule has 6 nitrogen and oxygen atoms in total. The van der Waals surface area contributed by atoms with Crippen LogP contribution in [0.3, 0.4) is 0 Å². The van der Waals surface area contributed by atoms with Gasteiger partial charge in [-0.3, -0.25) is 0 Å². The fraction of sp³-hybridized carbons (Fsp3) is 0.200. The molecule has 114 valence electrons. The summed E-state index contributed by atoms with van der Waals surface area (Å²) in [5, 5.41) is 0. The van der Waals surface area contributed by atoms with Gasteiger partial charge in [0, 0.05) is 0 Å². The quantitative estimate of drug-likeness (QED) is 0.564. The fourth-order valence-corrected chi connectivity index (χ4v) is 1.78. The lowest BCUT2D eigenvalue weighted by atomic mass is 10.2. The third-order valence-corrected chi connectivity index (χ3v) is 2.83. The van der Waals surface area contributed by atoms with E-state index in [4.69, 9.17) is 27.2 Å². The Hall–Kier alpha value is -2.22. The molecule has 3 heterocycles. The van der Waals surface area contributed by atoms with Crippen LogP contribution in [0.25, 0.3) is 0 Å². The van der Waals surface area contributed by atoms with Crippen LogP contribution in [0.15, 0.2) is 68.4 Å². The lowest BCUT2D eigenvalue weighted by molar-refractivity contribution is 0.0625. The normalized spacial score (nSPS) is 10.9. The second kappa shape index (κ2) is 7.70. The maximum atomic E-state index is 5.56. The highest BCUT2D eigenvalue weighted by Crippen LogP contribution is 2.10. The Labute approximate surface area is 127 Å². The van der Waals surface area contributed by atoms with Gasteiger partial charge in [0.05, 0.1) is 38.6 Å². The Morgan fingerprint density at radius 1 is 0.636 bits per heavy atom. The third-order valence-electron chi connectivity index (χ3n) is 2.83. The fourth-order valence-electron chi connectivity index (χ4n) is 1.78. The smallest absolute Gasteiger partial charge is 0.467 e. The highest BCUT2D eigenvalue weighted by molar-refractivity contribution is 6.36. The molecule has 3 aromatic rings. The molecule has 0 spiro atoms. The summed E-state index contributed by atoms with van der Waals surface area (Å²) in [5.41, 5.74) is 0. The second-order valence-corrected chi connectivity index (χ2v) is 4.46. The van der Waals surface area contributed by atoms with Crippen molar-refractivity contribution >= 4 is 7.32 Å². The first-order valence-corrected chi connectivity index (χ1v) is 6.82. The zero-order valence-electron chi connectivity index (χ0n) is 11.8. The molecule has 3 rings (SSSR count). The van der Waals surface area contributed by atoms with Gasteiger partial charge in [-0.1, -0.05) is 0 Å². The van der Waals surface area contributed by atoms with Crippen LogP contribution < -0.4 is 0 Å². The highest BCUT2D eigenvalue weighted by atomic mass is 16.7. The zero-order chi connectivity index (χ0) is 15.0. The maximum Gasteiger partial charge on any atom is 0.640 e. The molecule has 0 amide bonds. The third kappa shape index (κ3) is 4.39. The minimum Gasteiger partial charge on any atom is -0.467 e. The van der Waals surface area contributed by atoms with Gasteiger partial charge in [-0.25, -0.2) is 0 Å². The van der Waals surface area contributed by atoms with Crippen molar-refractivity contribution in [2.75, 3.05) is 0 Å². The number of furan rings is 3. The van der Waals surface area contributed by atoms with E-state index in [-0.39, 0.29) is 19.8 Å². The van der Waals surface area contributed by atoms with E-state index in [1.54, 1.807) is 37.0 Å². The van der Waals surface area contributed by atoms with Gasteiger partial charge in [0.1, 0.15) is 17.3 Å². The Balaban J connectivity index is 1.51. The van der Waals surface area contributed by atoms with Crippen LogP contribution in [0.2, 0.25) is 0 Å². The van der Waals surface area contributed by atoms with E-state index in [2.05, 4.69) is 0 Å². The van der Waals surface area contributed by atoms with Crippen LogP contribution in [-0.2, 0) is 33.8 Å². The Morgan fingerprint density at radius 3 is 1.27 bits per heavy atom. The van der Waals surface area contributed by atoms with Crippen LogP contribution in [-0.4, -0.2) is 7.32 Å². The summed E-state index contributed by atoms with van der Waals surface area (Å²) in [6.07, 6.45) is 4.75. The van der Waals surface area contributed by atoms with Gasteiger partial charge >= 0.3 is 7.32 Å². The van der Waals surface area contributed by atoms with Gasteiger partial charge in [0.15, 0.2) is 0 Å². The molecule has 0 atom stereocenters. The Morgan fingerprint density at radius 2 is 1.00 bits per heavy atom. The summed E-state index contributed by atoms with van der Waals surface area (Å²) < 4.78 is 32.3. The van der Waals surface area contributed by atoms with Crippen molar-refractivity contribution in [2.24, 2.45) is 0 Å². The molecule has 0 aromatic carbocycles. The zero-order valence-corrected chi connectivity index (χ0v) is 11.8. The molecule has 3 aromatic heterocycles. The molecule has 0 fully saturated rings. The molecule has 0 unspecified atom stereocenters. The number of rotatable bonds is 9. The van der Waals surface area contributed by atoms with E-state index in [9.17, 15) is 0 Å². The van der Waals surface area contributed by atoms with E-state index in [1.165, 1.54) is 0 Å². The van der Waals surface area contributed by atoms with Gasteiger partial charge in [-0.2, -0.15) is 0 Å². The molecule has 0 aliphatic carbocycles. The van der Waals surface area contributed by atoms with Crippen molar-refractivity contribution in [3.05, 3.63) is 72.5 Å². The standard InChI is InChI=1S/C15H15BO6/c1-4-13(17-7-1)10-20-16(21-11-14-5-2-8-18-14)22-12-15-6-3-9-19-15/h1-9H,10-12H2. The summed E-state index contributed by atoms with van der Waals surface area (Å²) >= 11 is 0. The van der Waals surface area contributed by atoms with E-state index < -0.39 is 7.32 Å². The molecular formula is C15H15BO6. The lowest BCUT2D eigenvalue weighted by Gasteiger charge is -2.12. The first-order chi connectivity index (χ1) is 10.9. The van der Waals surface area contributed by atoms with E-state index >= 15 is 0 Å². The van der Waals surface area contributed by atoms with Crippen molar-refractivity contribution in [2.45, 2.75) is 19.8 Å². The number of hydrogen-bond acceptors (Lipinski definition) is 6. The molecule has 0 aliphatic rings. The maximum absolute atomic E-state index is 5.56. The predicted octanol–water partition coefficient (Wildman–Crippen LogP) is 3.40. The second-order valence-electron chi connectivity index (χ2n) is 4.46. The highest BCUT2D eigenvalue weighted by Gasteiger charge is 2.23. The van der Waals surface area contributed by atoms with Crippen LogP contribution in [0.5, 0.6) is 0 Å². The van der Waals surface area contributed by atoms with Gasteiger partial charge in [-0.15, -0.1) is 0 Å². The average Bonchev–Trinajstić information content (AvgIpc) is 3.29. The molecule has 22 heavy (non-hydrogen) atoms. The summed E-state index contributed by atoms with van der Waals surface area (Å²) in [7, 11) is -0.861. The van der Waals surface area contributed by atoms with Crippen molar-refractivity contribution in [1.29, 1.82) is 0 Å². The SMILES string of the molecule is c1coc(COB(OCc2ccco2)OCc2ccco2)c1. The van der Waals surface area contributed by atoms with Crippen molar-refractivity contribution in [3.63, 3.8) is 0 Å². The van der Waals surface area contributed by atoms with E-state index in [1.807, 2.05) is 18.2 Å². The minimum atomic E-state index is -0.861. The summed E-state index contributed by atoms with van der Waals surface area (Å²) in [6, 6.07) is 10.8. The lowest BCUT2D eigenvalue weighted by Crippen LogP contribution is -2.26. The van der Waals surface area contributed by atoms with Gasteiger partial charge in [0.2, 0.25) is 0 Å². The summed E-state index contributed by atoms with van der Waals surface area (Å²) in [4.78, 5) is 0. The first kappa shape index (κ1) is 14.7. The van der Waals surface area contributed by atoms with E-state index in [0.717, 1.165) is 0 Å². The van der Waals surface area contributed by atoms with Crippen LogP contribution in [0.4, 0.5) is 0 Å². The monoisotopic (exact) mass is 302 g/mol. The minimum absolute atomic E-state index is 0.244. The Kier molecular flexibility index (Phi) is 5.15. The van der Waals surface area contributed by atoms with Crippen molar-refractivity contribution < 1.29 is 27.2 Å². The van der Waals surface area contributed by atoms with Crippen molar-refractivity contribution in [1.82, 2.24) is 0 Å². The van der Waals surface area contributed by atoms with Crippen LogP contribution in [0, 0.1) is 0 Å². The molecule has 0 saturated carbocycles. The van der Waals surface area contributed by atoms with Gasteiger partial charge < -0.3 is 27.2 Å². The molecule has 0 radical (unpaired) electrons. The topological polar surface area (TPSA) is 67.1 Å². The summed E-state index contributed by atoms with van der Waals surface area (Å²) in [6.45, 7) is 0.732. The van der Waals surface area contributed by atoms with Crippen LogP contribution >= 0.6 is 0 Å². The molecular weight excluding hydrogens is 287 g/mol. The largest absolute Gasteiger partial charge is 0.640 e. The molecule has 0 bridgehead atoms. The molecule has 0 N–H and O–H groups in total. The first-order valence-electron chi connectivity index (χ1n) is 6.82. The molecule has 7 heteroatoms. The van der Waals surface area contributed by atoms with Crippen LogP contribution in [0.1, 0.15) is 17.3 Å². The summed E-state index contributed by atoms with van der Waals surface area (Å²) in [5.74, 6) is 2.06. The Bertz CT molecular complexity index is 526.